The minimum absolute atomic E-state index is 0.289. The summed E-state index contributed by atoms with van der Waals surface area (Å²) >= 11 is 0. The molecule has 22 heavy (non-hydrogen) atoms. The van der Waals surface area contributed by atoms with Crippen molar-refractivity contribution in [1.82, 2.24) is 15.1 Å². The Morgan fingerprint density at radius 2 is 2.09 bits per heavy atom. The molecule has 1 saturated heterocycles. The minimum Gasteiger partial charge on any atom is -0.322 e. The molecule has 1 aromatic heterocycles. The fourth-order valence-electron chi connectivity index (χ4n) is 2.74. The Balaban J connectivity index is 2.17. The Kier molecular flexibility index (Phi) is 4.91. The zero-order chi connectivity index (χ0) is 16.4. The second kappa shape index (κ2) is 6.37. The summed E-state index contributed by atoms with van der Waals surface area (Å²) in [5.41, 5.74) is 0.534. The van der Waals surface area contributed by atoms with E-state index >= 15 is 0 Å². The number of piperidine rings is 1. The van der Waals surface area contributed by atoms with E-state index in [1.54, 1.807) is 17.1 Å². The van der Waals surface area contributed by atoms with E-state index in [1.807, 2.05) is 0 Å². The molecule has 1 aromatic rings. The van der Waals surface area contributed by atoms with Gasteiger partial charge in [0.2, 0.25) is 5.91 Å². The lowest BCUT2D eigenvalue weighted by atomic mass is 9.96. The summed E-state index contributed by atoms with van der Waals surface area (Å²) in [5.74, 6) is -0.0178. The molecule has 0 radical (unpaired) electrons. The van der Waals surface area contributed by atoms with Crippen LogP contribution in [0.2, 0.25) is 0 Å². The third-order valence-electron chi connectivity index (χ3n) is 3.98. The molecule has 7 nitrogen and oxygen atoms in total. The van der Waals surface area contributed by atoms with Crippen molar-refractivity contribution in [3.63, 3.8) is 0 Å². The van der Waals surface area contributed by atoms with Gasteiger partial charge in [-0.1, -0.05) is 13.8 Å². The summed E-state index contributed by atoms with van der Waals surface area (Å²) in [6.07, 6.45) is 5.00. The van der Waals surface area contributed by atoms with E-state index in [0.29, 0.717) is 24.7 Å². The molecule has 0 atom stereocenters. The van der Waals surface area contributed by atoms with Crippen molar-refractivity contribution in [2.75, 3.05) is 24.7 Å². The van der Waals surface area contributed by atoms with Crippen LogP contribution >= 0.6 is 0 Å². The first-order valence-electron chi connectivity index (χ1n) is 7.49. The van der Waals surface area contributed by atoms with Gasteiger partial charge >= 0.3 is 0 Å². The number of nitrogens with zero attached hydrogens (tertiary/aromatic N) is 2. The number of rotatable bonds is 5. The second-order valence-electron chi connectivity index (χ2n) is 6.32. The number of carbonyl (C=O) groups is 1. The van der Waals surface area contributed by atoms with Crippen LogP contribution in [0, 0.1) is 5.92 Å². The molecule has 2 rings (SSSR count). The van der Waals surface area contributed by atoms with E-state index in [4.69, 9.17) is 0 Å². The third kappa shape index (κ3) is 3.49. The van der Waals surface area contributed by atoms with Crippen molar-refractivity contribution in [2.45, 2.75) is 38.0 Å². The number of sulfone groups is 1. The van der Waals surface area contributed by atoms with Crippen LogP contribution in [0.25, 0.3) is 0 Å². The first-order chi connectivity index (χ1) is 10.2. The number of anilines is 1. The van der Waals surface area contributed by atoms with Gasteiger partial charge in [-0.15, -0.1) is 0 Å². The van der Waals surface area contributed by atoms with Crippen LogP contribution < -0.4 is 10.6 Å². The normalized spacial score (nSPS) is 18.4. The molecular formula is C14H24N4O3S. The molecule has 0 unspecified atom stereocenters. The van der Waals surface area contributed by atoms with Gasteiger partial charge in [0.15, 0.2) is 14.6 Å². The molecule has 8 heteroatoms. The maximum Gasteiger partial charge on any atom is 0.246 e. The highest BCUT2D eigenvalue weighted by molar-refractivity contribution is 7.92. The Hall–Kier alpha value is -1.41. The third-order valence-corrected chi connectivity index (χ3v) is 5.99. The van der Waals surface area contributed by atoms with Gasteiger partial charge in [0.25, 0.3) is 0 Å². The van der Waals surface area contributed by atoms with Crippen LogP contribution in [0.15, 0.2) is 12.4 Å². The van der Waals surface area contributed by atoms with Crippen LogP contribution in [0.5, 0.6) is 0 Å². The van der Waals surface area contributed by atoms with E-state index in [0.717, 1.165) is 12.8 Å². The SMILES string of the molecule is CC(C)Cn1cc(NC(=O)C2(S(C)(=O)=O)CCNCC2)cn1. The highest BCUT2D eigenvalue weighted by Crippen LogP contribution is 2.29. The van der Waals surface area contributed by atoms with Crippen LogP contribution in [0.1, 0.15) is 26.7 Å². The molecule has 2 N–H and O–H groups in total. The average molecular weight is 328 g/mol. The molecule has 124 valence electrons. The number of amides is 1. The van der Waals surface area contributed by atoms with E-state index in [1.165, 1.54) is 0 Å². The van der Waals surface area contributed by atoms with E-state index < -0.39 is 20.5 Å². The van der Waals surface area contributed by atoms with Crippen LogP contribution in [0.3, 0.4) is 0 Å². The number of hydrogen-bond donors (Lipinski definition) is 2. The zero-order valence-corrected chi connectivity index (χ0v) is 14.1. The Labute approximate surface area is 131 Å². The smallest absolute Gasteiger partial charge is 0.246 e. The quantitative estimate of drug-likeness (QED) is 0.827. The zero-order valence-electron chi connectivity index (χ0n) is 13.3. The topological polar surface area (TPSA) is 93.1 Å². The molecule has 0 spiro atoms. The predicted molar refractivity (Wildman–Crippen MR) is 85.4 cm³/mol. The van der Waals surface area contributed by atoms with Crippen molar-refractivity contribution in [3.05, 3.63) is 12.4 Å². The van der Waals surface area contributed by atoms with Crippen molar-refractivity contribution in [3.8, 4) is 0 Å². The number of carbonyl (C=O) groups excluding carboxylic acids is 1. The van der Waals surface area contributed by atoms with Crippen LogP contribution in [-0.4, -0.2) is 48.2 Å². The maximum absolute atomic E-state index is 12.6. The lowest BCUT2D eigenvalue weighted by molar-refractivity contribution is -0.119. The highest BCUT2D eigenvalue weighted by Gasteiger charge is 2.48. The Bertz CT molecular complexity index is 630. The Morgan fingerprint density at radius 3 is 2.64 bits per heavy atom. The molecule has 1 amide bonds. The Morgan fingerprint density at radius 1 is 1.45 bits per heavy atom. The molecule has 0 saturated carbocycles. The average Bonchev–Trinajstić information content (AvgIpc) is 2.84. The van der Waals surface area contributed by atoms with Gasteiger partial charge in [-0.05, 0) is 31.8 Å². The maximum atomic E-state index is 12.6. The lowest BCUT2D eigenvalue weighted by Crippen LogP contribution is -2.55. The van der Waals surface area contributed by atoms with Crippen molar-refractivity contribution in [1.29, 1.82) is 0 Å². The summed E-state index contributed by atoms with van der Waals surface area (Å²) in [6.45, 7) is 5.94. The highest BCUT2D eigenvalue weighted by atomic mass is 32.2. The van der Waals surface area contributed by atoms with Gasteiger partial charge in [-0.25, -0.2) is 8.42 Å². The van der Waals surface area contributed by atoms with Gasteiger partial charge in [-0.3, -0.25) is 9.48 Å². The summed E-state index contributed by atoms with van der Waals surface area (Å²) in [5, 5.41) is 10.00. The predicted octanol–water partition coefficient (Wildman–Crippen LogP) is 0.644. The van der Waals surface area contributed by atoms with Gasteiger partial charge in [0, 0.05) is 19.0 Å². The molecule has 0 bridgehead atoms. The standard InChI is InChI=1S/C14H24N4O3S/c1-11(2)9-18-10-12(8-16-18)17-13(19)14(22(3,20)21)4-6-15-7-5-14/h8,10-11,15H,4-7,9H2,1-3H3,(H,17,19). The largest absolute Gasteiger partial charge is 0.322 e. The molecule has 2 heterocycles. The molecule has 1 aliphatic rings. The fourth-order valence-corrected chi connectivity index (χ4v) is 4.08. The van der Waals surface area contributed by atoms with E-state index in [9.17, 15) is 13.2 Å². The number of nitrogens with one attached hydrogen (secondary N) is 2. The number of aromatic nitrogens is 2. The van der Waals surface area contributed by atoms with Gasteiger partial charge in [0.1, 0.15) is 0 Å². The van der Waals surface area contributed by atoms with Crippen molar-refractivity contribution < 1.29 is 13.2 Å². The van der Waals surface area contributed by atoms with Crippen LogP contribution in [0.4, 0.5) is 5.69 Å². The molecule has 0 aliphatic carbocycles. The van der Waals surface area contributed by atoms with Crippen molar-refractivity contribution in [2.24, 2.45) is 5.92 Å². The van der Waals surface area contributed by atoms with E-state index in [2.05, 4.69) is 29.6 Å². The van der Waals surface area contributed by atoms with Gasteiger partial charge in [0.05, 0.1) is 11.9 Å². The number of hydrogen-bond acceptors (Lipinski definition) is 5. The van der Waals surface area contributed by atoms with Gasteiger partial charge in [-0.2, -0.15) is 5.10 Å². The first kappa shape index (κ1) is 17.0. The minimum atomic E-state index is -3.50. The van der Waals surface area contributed by atoms with Crippen LogP contribution in [-0.2, 0) is 21.2 Å². The summed E-state index contributed by atoms with van der Waals surface area (Å²) in [7, 11) is -3.50. The molecular weight excluding hydrogens is 304 g/mol. The van der Waals surface area contributed by atoms with Gasteiger partial charge < -0.3 is 10.6 Å². The molecule has 1 fully saturated rings. The van der Waals surface area contributed by atoms with Crippen molar-refractivity contribution >= 4 is 21.4 Å². The summed E-state index contributed by atoms with van der Waals surface area (Å²) < 4.78 is 24.8. The first-order valence-corrected chi connectivity index (χ1v) is 9.38. The fraction of sp³-hybridized carbons (Fsp3) is 0.714. The second-order valence-corrected chi connectivity index (χ2v) is 8.64. The summed E-state index contributed by atoms with van der Waals surface area (Å²) in [4.78, 5) is 12.6. The van der Waals surface area contributed by atoms with E-state index in [-0.39, 0.29) is 12.8 Å². The monoisotopic (exact) mass is 328 g/mol. The summed E-state index contributed by atoms with van der Waals surface area (Å²) in [6, 6.07) is 0. The molecule has 0 aromatic carbocycles. The lowest BCUT2D eigenvalue weighted by Gasteiger charge is -2.34. The molecule has 1 aliphatic heterocycles.